The first-order valence-corrected chi connectivity index (χ1v) is 9.82. The molecule has 6 heteroatoms. The van der Waals surface area contributed by atoms with Gasteiger partial charge in [-0.25, -0.2) is 0 Å². The second-order valence-electron chi connectivity index (χ2n) is 7.09. The molecule has 1 N–H and O–H groups in total. The Morgan fingerprint density at radius 3 is 2.64 bits per heavy atom. The Hall–Kier alpha value is -2.44. The summed E-state index contributed by atoms with van der Waals surface area (Å²) in [5, 5.41) is 3.37. The van der Waals surface area contributed by atoms with Crippen molar-refractivity contribution in [2.75, 3.05) is 32.8 Å². The van der Waals surface area contributed by atoms with Crippen LogP contribution in [-0.2, 0) is 22.7 Å². The number of aromatic nitrogens is 1. The largest absolute Gasteiger partial charge is 0.487 e. The molecule has 0 spiro atoms. The highest BCUT2D eigenvalue weighted by molar-refractivity contribution is 5.76. The van der Waals surface area contributed by atoms with Gasteiger partial charge in [0.05, 0.1) is 18.9 Å². The van der Waals surface area contributed by atoms with E-state index in [4.69, 9.17) is 9.47 Å². The first-order chi connectivity index (χ1) is 13.6. The lowest BCUT2D eigenvalue weighted by Gasteiger charge is -2.26. The van der Waals surface area contributed by atoms with Crippen LogP contribution in [0.5, 0.6) is 5.75 Å². The molecule has 1 amide bonds. The third kappa shape index (κ3) is 5.78. The summed E-state index contributed by atoms with van der Waals surface area (Å²) in [5.41, 5.74) is 4.32. The molecule has 2 aromatic rings. The molecule has 2 heterocycles. The molecule has 0 radical (unpaired) electrons. The topological polar surface area (TPSA) is 63.7 Å². The number of nitrogens with zero attached hydrogens (tertiary/aromatic N) is 2. The van der Waals surface area contributed by atoms with Crippen LogP contribution < -0.4 is 10.1 Å². The first kappa shape index (κ1) is 20.3. The summed E-state index contributed by atoms with van der Waals surface area (Å²) in [6, 6.07) is 10.1. The van der Waals surface area contributed by atoms with Crippen LogP contribution in [0, 0.1) is 13.8 Å². The molecule has 0 saturated carbocycles. The number of nitrogens with one attached hydrogen (secondary N) is 1. The lowest BCUT2D eigenvalue weighted by Crippen LogP contribution is -2.41. The molecule has 1 aliphatic heterocycles. The smallest absolute Gasteiger partial charge is 0.224 e. The van der Waals surface area contributed by atoms with E-state index in [0.29, 0.717) is 45.9 Å². The minimum Gasteiger partial charge on any atom is -0.487 e. The van der Waals surface area contributed by atoms with Gasteiger partial charge in [-0.3, -0.25) is 9.78 Å². The van der Waals surface area contributed by atoms with Crippen molar-refractivity contribution in [2.45, 2.75) is 33.4 Å². The van der Waals surface area contributed by atoms with Gasteiger partial charge < -0.3 is 19.7 Å². The fourth-order valence-corrected chi connectivity index (χ4v) is 3.40. The predicted molar refractivity (Wildman–Crippen MR) is 108 cm³/mol. The Morgan fingerprint density at radius 2 is 1.96 bits per heavy atom. The zero-order valence-electron chi connectivity index (χ0n) is 16.7. The average Bonchev–Trinajstić information content (AvgIpc) is 2.72. The molecular weight excluding hydrogens is 354 g/mol. The molecule has 6 nitrogen and oxygen atoms in total. The summed E-state index contributed by atoms with van der Waals surface area (Å²) >= 11 is 0. The third-order valence-electron chi connectivity index (χ3n) is 4.82. The molecule has 3 rings (SSSR count). The lowest BCUT2D eigenvalue weighted by atomic mass is 10.1. The highest BCUT2D eigenvalue weighted by Gasteiger charge is 2.16. The molecule has 1 fully saturated rings. The van der Waals surface area contributed by atoms with Gasteiger partial charge in [-0.2, -0.15) is 0 Å². The normalized spacial score (nSPS) is 14.1. The van der Waals surface area contributed by atoms with Gasteiger partial charge in [-0.15, -0.1) is 0 Å². The molecule has 0 unspecified atom stereocenters. The van der Waals surface area contributed by atoms with E-state index in [1.807, 2.05) is 23.1 Å². The van der Waals surface area contributed by atoms with Crippen LogP contribution in [0.3, 0.4) is 0 Å². The number of hydrogen-bond donors (Lipinski definition) is 1. The van der Waals surface area contributed by atoms with Crippen LogP contribution >= 0.6 is 0 Å². The number of aryl methyl sites for hydroxylation is 2. The molecule has 28 heavy (non-hydrogen) atoms. The Morgan fingerprint density at radius 1 is 1.21 bits per heavy atom. The van der Waals surface area contributed by atoms with E-state index < -0.39 is 0 Å². The number of hydrogen-bond acceptors (Lipinski definition) is 5. The van der Waals surface area contributed by atoms with E-state index >= 15 is 0 Å². The van der Waals surface area contributed by atoms with Crippen molar-refractivity contribution in [1.29, 1.82) is 0 Å². The molecule has 1 aromatic carbocycles. The van der Waals surface area contributed by atoms with Crippen LogP contribution in [0.2, 0.25) is 0 Å². The van der Waals surface area contributed by atoms with Gasteiger partial charge in [-0.1, -0.05) is 18.2 Å². The number of carbonyl (C=O) groups is 1. The van der Waals surface area contributed by atoms with Crippen LogP contribution in [-0.4, -0.2) is 48.6 Å². The molecule has 0 atom stereocenters. The molecule has 1 aliphatic rings. The Kier molecular flexibility index (Phi) is 7.39. The van der Waals surface area contributed by atoms with E-state index in [0.717, 1.165) is 29.1 Å². The molecule has 150 valence electrons. The van der Waals surface area contributed by atoms with E-state index in [1.165, 1.54) is 5.56 Å². The Bertz CT molecular complexity index is 751. The lowest BCUT2D eigenvalue weighted by molar-refractivity contribution is -0.135. The Balaban J connectivity index is 1.46. The SMILES string of the molecule is Cc1cc(CNCCC(=O)N2CCOCC2)cc(C)c1OCc1ccccn1. The van der Waals surface area contributed by atoms with Crippen LogP contribution in [0.15, 0.2) is 36.5 Å². The average molecular weight is 383 g/mol. The fraction of sp³-hybridized carbons (Fsp3) is 0.455. The highest BCUT2D eigenvalue weighted by atomic mass is 16.5. The Labute approximate surface area is 166 Å². The molecular formula is C22H29N3O3. The second-order valence-corrected chi connectivity index (χ2v) is 7.09. The van der Waals surface area contributed by atoms with Gasteiger partial charge in [0.1, 0.15) is 12.4 Å². The van der Waals surface area contributed by atoms with Crippen LogP contribution in [0.4, 0.5) is 0 Å². The van der Waals surface area contributed by atoms with Crippen LogP contribution in [0.1, 0.15) is 28.8 Å². The molecule has 0 aliphatic carbocycles. The molecule has 1 saturated heterocycles. The minimum atomic E-state index is 0.196. The fourth-order valence-electron chi connectivity index (χ4n) is 3.40. The third-order valence-corrected chi connectivity index (χ3v) is 4.82. The summed E-state index contributed by atoms with van der Waals surface area (Å²) in [7, 11) is 0. The summed E-state index contributed by atoms with van der Waals surface area (Å²) < 4.78 is 11.3. The zero-order valence-corrected chi connectivity index (χ0v) is 16.7. The standard InChI is InChI=1S/C22H29N3O3/c1-17-13-19(15-23-8-6-21(26)25-9-11-27-12-10-25)14-18(2)22(17)28-16-20-5-3-4-7-24-20/h3-5,7,13-14,23H,6,8-12,15-16H2,1-2H3. The van der Waals surface area contributed by atoms with E-state index in [1.54, 1.807) is 6.20 Å². The summed E-state index contributed by atoms with van der Waals surface area (Å²) in [6.07, 6.45) is 2.29. The van der Waals surface area contributed by atoms with Gasteiger partial charge in [-0.05, 0) is 42.7 Å². The van der Waals surface area contributed by atoms with Crippen molar-refractivity contribution >= 4 is 5.91 Å². The number of pyridine rings is 1. The maximum absolute atomic E-state index is 12.2. The number of morpholine rings is 1. The highest BCUT2D eigenvalue weighted by Crippen LogP contribution is 2.25. The number of rotatable bonds is 8. The van der Waals surface area contributed by atoms with Crippen molar-refractivity contribution in [3.05, 3.63) is 58.9 Å². The van der Waals surface area contributed by atoms with Gasteiger partial charge in [0.2, 0.25) is 5.91 Å². The van der Waals surface area contributed by atoms with Gasteiger partial charge in [0, 0.05) is 38.8 Å². The number of amides is 1. The van der Waals surface area contributed by atoms with Gasteiger partial charge >= 0.3 is 0 Å². The molecule has 1 aromatic heterocycles. The monoisotopic (exact) mass is 383 g/mol. The van der Waals surface area contributed by atoms with Crippen molar-refractivity contribution in [1.82, 2.24) is 15.2 Å². The predicted octanol–water partition coefficient (Wildman–Crippen LogP) is 2.62. The first-order valence-electron chi connectivity index (χ1n) is 9.82. The van der Waals surface area contributed by atoms with Crippen molar-refractivity contribution < 1.29 is 14.3 Å². The van der Waals surface area contributed by atoms with Gasteiger partial charge in [0.15, 0.2) is 0 Å². The molecule has 0 bridgehead atoms. The zero-order chi connectivity index (χ0) is 19.8. The van der Waals surface area contributed by atoms with E-state index in [9.17, 15) is 4.79 Å². The summed E-state index contributed by atoms with van der Waals surface area (Å²) in [5.74, 6) is 1.11. The number of benzene rings is 1. The van der Waals surface area contributed by atoms with Gasteiger partial charge in [0.25, 0.3) is 0 Å². The maximum Gasteiger partial charge on any atom is 0.224 e. The van der Waals surface area contributed by atoms with Crippen molar-refractivity contribution in [2.24, 2.45) is 0 Å². The van der Waals surface area contributed by atoms with E-state index in [2.05, 4.69) is 36.3 Å². The van der Waals surface area contributed by atoms with E-state index in [-0.39, 0.29) is 5.91 Å². The number of ether oxygens (including phenoxy) is 2. The quantitative estimate of drug-likeness (QED) is 0.710. The maximum atomic E-state index is 12.2. The summed E-state index contributed by atoms with van der Waals surface area (Å²) in [4.78, 5) is 18.3. The van der Waals surface area contributed by atoms with Crippen LogP contribution in [0.25, 0.3) is 0 Å². The number of carbonyl (C=O) groups excluding carboxylic acids is 1. The van der Waals surface area contributed by atoms with Crippen molar-refractivity contribution in [3.8, 4) is 5.75 Å². The van der Waals surface area contributed by atoms with Crippen molar-refractivity contribution in [3.63, 3.8) is 0 Å². The second kappa shape index (κ2) is 10.2. The summed E-state index contributed by atoms with van der Waals surface area (Å²) in [6.45, 7) is 8.69. The minimum absolute atomic E-state index is 0.196.